The van der Waals surface area contributed by atoms with Gasteiger partial charge in [-0.15, -0.1) is 0 Å². The molecule has 1 amide bonds. The summed E-state index contributed by atoms with van der Waals surface area (Å²) in [6, 6.07) is 7.29. The van der Waals surface area contributed by atoms with Crippen LogP contribution in [-0.4, -0.2) is 16.9 Å². The first-order valence-electron chi connectivity index (χ1n) is 7.58. The minimum atomic E-state index is -0.207. The molecular formula is C17H23N3O2. The zero-order chi connectivity index (χ0) is 16.1. The van der Waals surface area contributed by atoms with Crippen LogP contribution >= 0.6 is 0 Å². The second-order valence-electron chi connectivity index (χ2n) is 6.01. The van der Waals surface area contributed by atoms with E-state index in [0.717, 1.165) is 18.4 Å². The van der Waals surface area contributed by atoms with E-state index in [1.807, 2.05) is 19.1 Å². The number of hydrogen-bond acceptors (Lipinski definition) is 4. The first-order valence-corrected chi connectivity index (χ1v) is 7.58. The van der Waals surface area contributed by atoms with Crippen LogP contribution in [0.5, 0.6) is 0 Å². The Morgan fingerprint density at radius 1 is 1.23 bits per heavy atom. The van der Waals surface area contributed by atoms with Crippen LogP contribution in [0.3, 0.4) is 0 Å². The Bertz CT molecular complexity index is 617. The van der Waals surface area contributed by atoms with Crippen molar-refractivity contribution in [3.63, 3.8) is 0 Å². The van der Waals surface area contributed by atoms with E-state index in [1.54, 1.807) is 12.1 Å². The van der Waals surface area contributed by atoms with Crippen LogP contribution in [0.15, 0.2) is 34.9 Å². The number of carbonyl (C=O) groups excluding carboxylic acids is 1. The van der Waals surface area contributed by atoms with Crippen molar-refractivity contribution in [3.8, 4) is 11.5 Å². The maximum atomic E-state index is 12.1. The van der Waals surface area contributed by atoms with Crippen molar-refractivity contribution in [1.82, 2.24) is 10.3 Å². The molecule has 1 aromatic heterocycles. The van der Waals surface area contributed by atoms with Crippen LogP contribution < -0.4 is 11.1 Å². The lowest BCUT2D eigenvalue weighted by Crippen LogP contribution is -2.32. The van der Waals surface area contributed by atoms with Gasteiger partial charge in [0.05, 0.1) is 0 Å². The SMILES string of the molecule is CC(C)CCC(C)NC(=O)c1coc(-c2ccc(N)cc2)n1. The number of carbonyl (C=O) groups is 1. The third-order valence-corrected chi connectivity index (χ3v) is 3.45. The molecule has 0 aliphatic rings. The van der Waals surface area contributed by atoms with E-state index in [-0.39, 0.29) is 11.9 Å². The number of aromatic nitrogens is 1. The van der Waals surface area contributed by atoms with Crippen molar-refractivity contribution in [2.24, 2.45) is 5.92 Å². The highest BCUT2D eigenvalue weighted by molar-refractivity contribution is 5.92. The fourth-order valence-corrected chi connectivity index (χ4v) is 2.09. The van der Waals surface area contributed by atoms with Gasteiger partial charge in [0.25, 0.3) is 5.91 Å². The van der Waals surface area contributed by atoms with Gasteiger partial charge in [-0.2, -0.15) is 0 Å². The van der Waals surface area contributed by atoms with Crippen molar-refractivity contribution >= 4 is 11.6 Å². The molecular weight excluding hydrogens is 278 g/mol. The van der Waals surface area contributed by atoms with Gasteiger partial charge in [0, 0.05) is 17.3 Å². The van der Waals surface area contributed by atoms with E-state index >= 15 is 0 Å². The normalized spacial score (nSPS) is 12.4. The highest BCUT2D eigenvalue weighted by Gasteiger charge is 2.15. The molecule has 0 saturated heterocycles. The number of nitrogen functional groups attached to an aromatic ring is 1. The van der Waals surface area contributed by atoms with E-state index in [9.17, 15) is 4.79 Å². The number of oxazole rings is 1. The van der Waals surface area contributed by atoms with Crippen molar-refractivity contribution in [3.05, 3.63) is 36.2 Å². The molecule has 5 nitrogen and oxygen atoms in total. The first-order chi connectivity index (χ1) is 10.5. The summed E-state index contributed by atoms with van der Waals surface area (Å²) in [5.74, 6) is 0.838. The summed E-state index contributed by atoms with van der Waals surface area (Å²) in [5.41, 5.74) is 7.41. The number of nitrogens with two attached hydrogens (primary N) is 1. The molecule has 0 aliphatic heterocycles. The maximum absolute atomic E-state index is 12.1. The smallest absolute Gasteiger partial charge is 0.273 e. The minimum Gasteiger partial charge on any atom is -0.444 e. The van der Waals surface area contributed by atoms with E-state index < -0.39 is 0 Å². The Kier molecular flexibility index (Phi) is 5.20. The Hall–Kier alpha value is -2.30. The van der Waals surface area contributed by atoms with Crippen molar-refractivity contribution < 1.29 is 9.21 Å². The summed E-state index contributed by atoms with van der Waals surface area (Å²) in [6.07, 6.45) is 3.42. The third kappa shape index (κ3) is 4.35. The van der Waals surface area contributed by atoms with Crippen LogP contribution in [0.25, 0.3) is 11.5 Å². The lowest BCUT2D eigenvalue weighted by atomic mass is 10.0. The minimum absolute atomic E-state index is 0.117. The molecule has 0 bridgehead atoms. The number of amides is 1. The molecule has 1 atom stereocenters. The number of nitrogens with one attached hydrogen (secondary N) is 1. The molecule has 1 unspecified atom stereocenters. The van der Waals surface area contributed by atoms with Gasteiger partial charge in [-0.25, -0.2) is 4.98 Å². The van der Waals surface area contributed by atoms with E-state index in [2.05, 4.69) is 24.1 Å². The van der Waals surface area contributed by atoms with E-state index in [1.165, 1.54) is 6.26 Å². The molecule has 0 spiro atoms. The van der Waals surface area contributed by atoms with Gasteiger partial charge < -0.3 is 15.5 Å². The van der Waals surface area contributed by atoms with Gasteiger partial charge in [-0.05, 0) is 49.9 Å². The Morgan fingerprint density at radius 2 is 1.91 bits per heavy atom. The average Bonchev–Trinajstić information content (AvgIpc) is 2.96. The molecule has 0 radical (unpaired) electrons. The summed E-state index contributed by atoms with van der Waals surface area (Å²) in [4.78, 5) is 16.4. The Balaban J connectivity index is 1.98. The van der Waals surface area contributed by atoms with Crippen LogP contribution in [0.4, 0.5) is 5.69 Å². The van der Waals surface area contributed by atoms with Gasteiger partial charge in [0.2, 0.25) is 5.89 Å². The average molecular weight is 301 g/mol. The highest BCUT2D eigenvalue weighted by Crippen LogP contribution is 2.20. The molecule has 5 heteroatoms. The number of hydrogen-bond donors (Lipinski definition) is 2. The molecule has 0 fully saturated rings. The van der Waals surface area contributed by atoms with Crippen molar-refractivity contribution in [2.45, 2.75) is 39.7 Å². The Morgan fingerprint density at radius 3 is 2.55 bits per heavy atom. The summed E-state index contributed by atoms with van der Waals surface area (Å²) in [5, 5.41) is 2.94. The van der Waals surface area contributed by atoms with Crippen LogP contribution in [0.2, 0.25) is 0 Å². The van der Waals surface area contributed by atoms with Gasteiger partial charge in [0.15, 0.2) is 5.69 Å². The van der Waals surface area contributed by atoms with Crippen LogP contribution in [-0.2, 0) is 0 Å². The molecule has 3 N–H and O–H groups in total. The zero-order valence-corrected chi connectivity index (χ0v) is 13.3. The zero-order valence-electron chi connectivity index (χ0n) is 13.3. The second-order valence-corrected chi connectivity index (χ2v) is 6.01. The first kappa shape index (κ1) is 16.1. The molecule has 0 saturated carbocycles. The standard InChI is InChI=1S/C17H23N3O2/c1-11(2)4-5-12(3)19-16(21)15-10-22-17(20-15)13-6-8-14(18)9-7-13/h6-12H,4-5,18H2,1-3H3,(H,19,21). The molecule has 2 rings (SSSR count). The summed E-state index contributed by atoms with van der Waals surface area (Å²) < 4.78 is 5.38. The number of anilines is 1. The molecule has 2 aromatic rings. The van der Waals surface area contributed by atoms with Gasteiger partial charge in [0.1, 0.15) is 6.26 Å². The monoisotopic (exact) mass is 301 g/mol. The molecule has 118 valence electrons. The van der Waals surface area contributed by atoms with Gasteiger partial charge in [-0.3, -0.25) is 4.79 Å². The summed E-state index contributed by atoms with van der Waals surface area (Å²) in [6.45, 7) is 6.34. The molecule has 0 aliphatic carbocycles. The second kappa shape index (κ2) is 7.11. The molecule has 1 aromatic carbocycles. The lowest BCUT2D eigenvalue weighted by molar-refractivity contribution is 0.0932. The van der Waals surface area contributed by atoms with Crippen molar-refractivity contribution in [2.75, 3.05) is 5.73 Å². The predicted molar refractivity (Wildman–Crippen MR) is 87.4 cm³/mol. The highest BCUT2D eigenvalue weighted by atomic mass is 16.3. The molecule has 1 heterocycles. The molecule has 22 heavy (non-hydrogen) atoms. The van der Waals surface area contributed by atoms with Crippen molar-refractivity contribution in [1.29, 1.82) is 0 Å². The largest absolute Gasteiger partial charge is 0.444 e. The summed E-state index contributed by atoms with van der Waals surface area (Å²) in [7, 11) is 0. The maximum Gasteiger partial charge on any atom is 0.273 e. The van der Waals surface area contributed by atoms with Gasteiger partial charge in [-0.1, -0.05) is 13.8 Å². The number of nitrogens with zero attached hydrogens (tertiary/aromatic N) is 1. The van der Waals surface area contributed by atoms with E-state index in [4.69, 9.17) is 10.2 Å². The third-order valence-electron chi connectivity index (χ3n) is 3.45. The summed E-state index contributed by atoms with van der Waals surface area (Å²) >= 11 is 0. The Labute approximate surface area is 130 Å². The van der Waals surface area contributed by atoms with Gasteiger partial charge >= 0.3 is 0 Å². The van der Waals surface area contributed by atoms with E-state index in [0.29, 0.717) is 23.2 Å². The number of rotatable bonds is 6. The topological polar surface area (TPSA) is 81.2 Å². The predicted octanol–water partition coefficient (Wildman–Crippen LogP) is 3.48. The number of benzene rings is 1. The fraction of sp³-hybridized carbons (Fsp3) is 0.412. The fourth-order valence-electron chi connectivity index (χ4n) is 2.09. The lowest BCUT2D eigenvalue weighted by Gasteiger charge is -2.13. The quantitative estimate of drug-likeness (QED) is 0.800. The van der Waals surface area contributed by atoms with Crippen LogP contribution in [0, 0.1) is 5.92 Å². The van der Waals surface area contributed by atoms with Crippen LogP contribution in [0.1, 0.15) is 44.1 Å².